The first-order valence-electron chi connectivity index (χ1n) is 10.2. The summed E-state index contributed by atoms with van der Waals surface area (Å²) >= 11 is 1.37. The molecule has 0 unspecified atom stereocenters. The number of carbonyl (C=O) groups excluding carboxylic acids is 2. The lowest BCUT2D eigenvalue weighted by Gasteiger charge is -2.25. The average Bonchev–Trinajstić information content (AvgIpc) is 3.08. The Kier molecular flexibility index (Phi) is 7.06. The molecule has 0 atom stereocenters. The highest BCUT2D eigenvalue weighted by Crippen LogP contribution is 2.38. The van der Waals surface area contributed by atoms with Crippen molar-refractivity contribution in [2.24, 2.45) is 0 Å². The summed E-state index contributed by atoms with van der Waals surface area (Å²) in [5.74, 6) is -0.911. The van der Waals surface area contributed by atoms with Crippen LogP contribution in [0.3, 0.4) is 0 Å². The molecule has 1 heterocycles. The Bertz CT molecular complexity index is 1090. The normalized spacial score (nSPS) is 13.6. The largest absolute Gasteiger partial charge is 0.465 e. The zero-order valence-electron chi connectivity index (χ0n) is 18.2. The van der Waals surface area contributed by atoms with Crippen LogP contribution in [-0.4, -0.2) is 40.2 Å². The second kappa shape index (κ2) is 9.40. The number of hydrogen-bond acceptors (Lipinski definition) is 6. The third kappa shape index (κ3) is 5.10. The molecular formula is C22H28N2O5S2. The molecule has 9 heteroatoms. The molecule has 0 bridgehead atoms. The van der Waals surface area contributed by atoms with E-state index in [-0.39, 0.29) is 12.5 Å². The number of ether oxygens (including phenoxy) is 1. The molecule has 168 valence electrons. The van der Waals surface area contributed by atoms with E-state index in [1.165, 1.54) is 18.4 Å². The number of hydrogen-bond donors (Lipinski definition) is 1. The molecule has 3 rings (SSSR count). The van der Waals surface area contributed by atoms with Crippen molar-refractivity contribution in [2.75, 3.05) is 29.5 Å². The van der Waals surface area contributed by atoms with Gasteiger partial charge in [-0.05, 0) is 48.8 Å². The van der Waals surface area contributed by atoms with E-state index in [0.29, 0.717) is 16.3 Å². The highest BCUT2D eigenvalue weighted by molar-refractivity contribution is 7.92. The molecule has 7 nitrogen and oxygen atoms in total. The summed E-state index contributed by atoms with van der Waals surface area (Å²) in [5.41, 5.74) is 2.64. The van der Waals surface area contributed by atoms with Gasteiger partial charge in [-0.3, -0.25) is 9.10 Å². The van der Waals surface area contributed by atoms with E-state index in [0.717, 1.165) is 52.2 Å². The molecule has 0 fully saturated rings. The number of nitrogens with zero attached hydrogens (tertiary/aromatic N) is 1. The first kappa shape index (κ1) is 23.3. The van der Waals surface area contributed by atoms with Crippen LogP contribution in [0.4, 0.5) is 10.7 Å². The van der Waals surface area contributed by atoms with Gasteiger partial charge >= 0.3 is 5.97 Å². The number of anilines is 2. The predicted octanol–water partition coefficient (Wildman–Crippen LogP) is 3.94. The molecule has 1 N–H and O–H groups in total. The highest BCUT2D eigenvalue weighted by atomic mass is 32.2. The smallest absolute Gasteiger partial charge is 0.341 e. The third-order valence-electron chi connectivity index (χ3n) is 5.33. The standard InChI is InChI=1S/C22H28N2O5S2/c1-14(2)15-9-5-7-11-17(15)24(31(4,27)28)13-19(25)23-21-20(22(26)29-3)16-10-6-8-12-18(16)30-21/h5,7,9,11,14H,6,8,10,12-13H2,1-4H3,(H,23,25). The van der Waals surface area contributed by atoms with Crippen molar-refractivity contribution in [1.29, 1.82) is 0 Å². The van der Waals surface area contributed by atoms with Gasteiger partial charge in [-0.1, -0.05) is 32.0 Å². The van der Waals surface area contributed by atoms with Crippen molar-refractivity contribution < 1.29 is 22.7 Å². The minimum absolute atomic E-state index is 0.0819. The maximum atomic E-state index is 12.9. The van der Waals surface area contributed by atoms with Gasteiger partial charge in [0.1, 0.15) is 11.5 Å². The van der Waals surface area contributed by atoms with Gasteiger partial charge in [-0.25, -0.2) is 13.2 Å². The van der Waals surface area contributed by atoms with E-state index in [4.69, 9.17) is 4.74 Å². The van der Waals surface area contributed by atoms with Crippen molar-refractivity contribution in [3.63, 3.8) is 0 Å². The van der Waals surface area contributed by atoms with Crippen LogP contribution in [0.5, 0.6) is 0 Å². The molecule has 0 radical (unpaired) electrons. The van der Waals surface area contributed by atoms with Gasteiger partial charge in [0.15, 0.2) is 0 Å². The number of carbonyl (C=O) groups is 2. The third-order valence-corrected chi connectivity index (χ3v) is 7.66. The summed E-state index contributed by atoms with van der Waals surface area (Å²) in [7, 11) is -2.40. The number of methoxy groups -OCH3 is 1. The monoisotopic (exact) mass is 464 g/mol. The number of rotatable bonds is 7. The van der Waals surface area contributed by atoms with Gasteiger partial charge in [0, 0.05) is 4.88 Å². The Morgan fingerprint density at radius 1 is 1.19 bits per heavy atom. The SMILES string of the molecule is COC(=O)c1c(NC(=O)CN(c2ccccc2C(C)C)S(C)(=O)=O)sc2c1CCCC2. The van der Waals surface area contributed by atoms with Crippen LogP contribution in [0.1, 0.15) is 59.0 Å². The molecule has 1 aromatic heterocycles. The first-order chi connectivity index (χ1) is 14.6. The first-order valence-corrected chi connectivity index (χ1v) is 12.9. The summed E-state index contributed by atoms with van der Waals surface area (Å²) < 4.78 is 31.2. The van der Waals surface area contributed by atoms with Crippen molar-refractivity contribution in [3.05, 3.63) is 45.8 Å². The molecule has 1 amide bonds. The summed E-state index contributed by atoms with van der Waals surface area (Å²) in [6.45, 7) is 3.56. The number of aryl methyl sites for hydroxylation is 1. The molecule has 0 spiro atoms. The predicted molar refractivity (Wildman–Crippen MR) is 124 cm³/mol. The Balaban J connectivity index is 1.92. The van der Waals surface area contributed by atoms with E-state index in [2.05, 4.69) is 5.32 Å². The lowest BCUT2D eigenvalue weighted by molar-refractivity contribution is -0.114. The van der Waals surface area contributed by atoms with E-state index in [1.807, 2.05) is 26.0 Å². The Morgan fingerprint density at radius 3 is 2.52 bits per heavy atom. The summed E-state index contributed by atoms with van der Waals surface area (Å²) in [4.78, 5) is 26.4. The fourth-order valence-corrected chi connectivity index (χ4v) is 6.02. The topological polar surface area (TPSA) is 92.8 Å². The van der Waals surface area contributed by atoms with Crippen LogP contribution >= 0.6 is 11.3 Å². The Morgan fingerprint density at radius 2 is 1.87 bits per heavy atom. The van der Waals surface area contributed by atoms with Crippen LogP contribution in [0.15, 0.2) is 24.3 Å². The molecule has 2 aromatic rings. The van der Waals surface area contributed by atoms with Gasteiger partial charge in [0.2, 0.25) is 15.9 Å². The van der Waals surface area contributed by atoms with E-state index in [9.17, 15) is 18.0 Å². The fraction of sp³-hybridized carbons (Fsp3) is 0.455. The molecular weight excluding hydrogens is 436 g/mol. The Labute approximate surface area is 187 Å². The quantitative estimate of drug-likeness (QED) is 0.627. The number of sulfonamides is 1. The second-order valence-corrected chi connectivity index (χ2v) is 10.9. The molecule has 1 aliphatic carbocycles. The fourth-order valence-electron chi connectivity index (χ4n) is 3.85. The minimum Gasteiger partial charge on any atom is -0.465 e. The van der Waals surface area contributed by atoms with Crippen molar-refractivity contribution in [1.82, 2.24) is 0 Å². The lowest BCUT2D eigenvalue weighted by atomic mass is 9.95. The maximum absolute atomic E-state index is 12.9. The number of amides is 1. The molecule has 1 aliphatic rings. The number of fused-ring (bicyclic) bond motifs is 1. The zero-order chi connectivity index (χ0) is 22.8. The number of benzene rings is 1. The van der Waals surface area contributed by atoms with E-state index >= 15 is 0 Å². The van der Waals surface area contributed by atoms with Gasteiger partial charge < -0.3 is 10.1 Å². The van der Waals surface area contributed by atoms with Crippen LogP contribution in [0.25, 0.3) is 0 Å². The Hall–Kier alpha value is -2.39. The number of thiophene rings is 1. The second-order valence-electron chi connectivity index (χ2n) is 7.94. The number of para-hydroxylation sites is 1. The number of nitrogens with one attached hydrogen (secondary N) is 1. The van der Waals surface area contributed by atoms with Crippen LogP contribution in [-0.2, 0) is 32.4 Å². The summed E-state index contributed by atoms with van der Waals surface area (Å²) in [6, 6.07) is 7.16. The van der Waals surface area contributed by atoms with Crippen molar-refractivity contribution >= 4 is 43.9 Å². The van der Waals surface area contributed by atoms with Crippen molar-refractivity contribution in [2.45, 2.75) is 45.4 Å². The van der Waals surface area contributed by atoms with Gasteiger partial charge in [-0.2, -0.15) is 0 Å². The van der Waals surface area contributed by atoms with Crippen LogP contribution in [0, 0.1) is 0 Å². The molecule has 31 heavy (non-hydrogen) atoms. The van der Waals surface area contributed by atoms with Crippen LogP contribution in [0.2, 0.25) is 0 Å². The lowest BCUT2D eigenvalue weighted by Crippen LogP contribution is -2.38. The average molecular weight is 465 g/mol. The van der Waals surface area contributed by atoms with Crippen molar-refractivity contribution in [3.8, 4) is 0 Å². The van der Waals surface area contributed by atoms with Gasteiger partial charge in [0.25, 0.3) is 0 Å². The summed E-state index contributed by atoms with van der Waals surface area (Å²) in [5, 5.41) is 3.20. The molecule has 0 aliphatic heterocycles. The van der Waals surface area contributed by atoms with E-state index in [1.54, 1.807) is 12.1 Å². The zero-order valence-corrected chi connectivity index (χ0v) is 19.9. The molecule has 0 saturated heterocycles. The van der Waals surface area contributed by atoms with Crippen LogP contribution < -0.4 is 9.62 Å². The molecule has 0 saturated carbocycles. The minimum atomic E-state index is -3.71. The molecule has 1 aromatic carbocycles. The van der Waals surface area contributed by atoms with E-state index < -0.39 is 21.9 Å². The maximum Gasteiger partial charge on any atom is 0.341 e. The number of esters is 1. The highest BCUT2D eigenvalue weighted by Gasteiger charge is 2.29. The summed E-state index contributed by atoms with van der Waals surface area (Å²) in [6.07, 6.45) is 4.73. The van der Waals surface area contributed by atoms with Gasteiger partial charge in [0.05, 0.1) is 24.6 Å². The van der Waals surface area contributed by atoms with Gasteiger partial charge in [-0.15, -0.1) is 11.3 Å².